The standard InChI is InChI=1S/C24H32N2O5S/c1-7-30-22(28)19-14-17(26-21(27)16-8-11-18(32-6)12-9-16)10-13-20(19)31-24(5,29)15-25-23(2,3)4/h8-14,25,29H,7,15H2,1-6H3,(H,26,27). The van der Waals surface area contributed by atoms with E-state index in [2.05, 4.69) is 10.6 Å². The molecule has 0 radical (unpaired) electrons. The number of ether oxygens (including phenoxy) is 2. The highest BCUT2D eigenvalue weighted by molar-refractivity contribution is 7.98. The maximum Gasteiger partial charge on any atom is 0.341 e. The molecule has 0 saturated carbocycles. The molecule has 1 atom stereocenters. The van der Waals surface area contributed by atoms with Crippen molar-refractivity contribution in [3.63, 3.8) is 0 Å². The average Bonchev–Trinajstić information content (AvgIpc) is 2.73. The van der Waals surface area contributed by atoms with Gasteiger partial charge in [0.2, 0.25) is 5.79 Å². The van der Waals surface area contributed by atoms with Gasteiger partial charge in [-0.05, 0) is 76.4 Å². The molecule has 2 aromatic rings. The van der Waals surface area contributed by atoms with E-state index in [-0.39, 0.29) is 35.9 Å². The minimum atomic E-state index is -1.57. The molecule has 8 heteroatoms. The first-order valence-electron chi connectivity index (χ1n) is 10.4. The average molecular weight is 461 g/mol. The summed E-state index contributed by atoms with van der Waals surface area (Å²) >= 11 is 1.59. The molecule has 1 amide bonds. The summed E-state index contributed by atoms with van der Waals surface area (Å²) in [4.78, 5) is 26.2. The Labute approximate surface area is 193 Å². The number of β-amino-alcohol motifs (C(OH)–C–C–N with tert-alkyl or cyclic N) is 1. The van der Waals surface area contributed by atoms with E-state index in [1.807, 2.05) is 39.2 Å². The Hall–Kier alpha value is -2.55. The summed E-state index contributed by atoms with van der Waals surface area (Å²) in [6.45, 7) is 9.44. The van der Waals surface area contributed by atoms with Gasteiger partial charge >= 0.3 is 5.97 Å². The lowest BCUT2D eigenvalue weighted by molar-refractivity contribution is -0.121. The van der Waals surface area contributed by atoms with Crippen LogP contribution in [0.1, 0.15) is 55.3 Å². The fraction of sp³-hybridized carbons (Fsp3) is 0.417. The lowest BCUT2D eigenvalue weighted by atomic mass is 10.1. The summed E-state index contributed by atoms with van der Waals surface area (Å²) in [5, 5.41) is 16.6. The molecule has 0 fully saturated rings. The second kappa shape index (κ2) is 10.8. The van der Waals surface area contributed by atoms with Crippen LogP contribution >= 0.6 is 11.8 Å². The molecule has 0 aliphatic rings. The van der Waals surface area contributed by atoms with E-state index >= 15 is 0 Å². The van der Waals surface area contributed by atoms with Crippen molar-refractivity contribution in [2.45, 2.75) is 50.8 Å². The summed E-state index contributed by atoms with van der Waals surface area (Å²) in [7, 11) is 0. The van der Waals surface area contributed by atoms with Crippen molar-refractivity contribution in [2.24, 2.45) is 0 Å². The number of esters is 1. The van der Waals surface area contributed by atoms with Crippen LogP contribution in [0, 0.1) is 0 Å². The molecule has 0 spiro atoms. The van der Waals surface area contributed by atoms with E-state index < -0.39 is 11.8 Å². The van der Waals surface area contributed by atoms with Gasteiger partial charge in [-0.1, -0.05) is 0 Å². The minimum Gasteiger partial charge on any atom is -0.462 e. The molecule has 3 N–H and O–H groups in total. The predicted octanol–water partition coefficient (Wildman–Crippen LogP) is 4.31. The highest BCUT2D eigenvalue weighted by Gasteiger charge is 2.27. The second-order valence-electron chi connectivity index (χ2n) is 8.49. The normalized spacial score (nSPS) is 13.2. The van der Waals surface area contributed by atoms with Gasteiger partial charge in [0, 0.05) is 28.6 Å². The first-order chi connectivity index (χ1) is 14.9. The van der Waals surface area contributed by atoms with Crippen molar-refractivity contribution < 1.29 is 24.2 Å². The molecule has 174 valence electrons. The molecule has 2 rings (SSSR count). The Balaban J connectivity index is 2.25. The number of anilines is 1. The number of aliphatic hydroxyl groups is 1. The van der Waals surface area contributed by atoms with Crippen molar-refractivity contribution in [3.05, 3.63) is 53.6 Å². The van der Waals surface area contributed by atoms with Crippen molar-refractivity contribution in [3.8, 4) is 5.75 Å². The highest BCUT2D eigenvalue weighted by Crippen LogP contribution is 2.27. The molecule has 2 aromatic carbocycles. The van der Waals surface area contributed by atoms with E-state index in [0.29, 0.717) is 11.3 Å². The third-order valence-electron chi connectivity index (χ3n) is 4.36. The summed E-state index contributed by atoms with van der Waals surface area (Å²) in [5.74, 6) is -2.32. The lowest BCUT2D eigenvalue weighted by Crippen LogP contribution is -2.49. The van der Waals surface area contributed by atoms with Gasteiger partial charge in [0.25, 0.3) is 5.91 Å². The number of carbonyl (C=O) groups is 2. The number of amides is 1. The van der Waals surface area contributed by atoms with Crippen LogP contribution in [-0.2, 0) is 4.74 Å². The van der Waals surface area contributed by atoms with Crippen LogP contribution in [0.25, 0.3) is 0 Å². The Kier molecular flexibility index (Phi) is 8.72. The first kappa shape index (κ1) is 25.7. The highest BCUT2D eigenvalue weighted by atomic mass is 32.2. The molecule has 0 aromatic heterocycles. The summed E-state index contributed by atoms with van der Waals surface area (Å²) in [6, 6.07) is 11.8. The van der Waals surface area contributed by atoms with Crippen LogP contribution in [0.2, 0.25) is 0 Å². The van der Waals surface area contributed by atoms with Gasteiger partial charge < -0.3 is 25.2 Å². The van der Waals surface area contributed by atoms with E-state index in [1.54, 1.807) is 36.9 Å². The molecule has 0 bridgehead atoms. The van der Waals surface area contributed by atoms with Crippen LogP contribution in [0.5, 0.6) is 5.75 Å². The van der Waals surface area contributed by atoms with Gasteiger partial charge in [0.05, 0.1) is 13.2 Å². The van der Waals surface area contributed by atoms with Gasteiger partial charge in [-0.15, -0.1) is 11.8 Å². The van der Waals surface area contributed by atoms with Gasteiger partial charge in [-0.3, -0.25) is 4.79 Å². The van der Waals surface area contributed by atoms with E-state index in [9.17, 15) is 14.7 Å². The van der Waals surface area contributed by atoms with Crippen molar-refractivity contribution in [2.75, 3.05) is 24.7 Å². The van der Waals surface area contributed by atoms with Crippen molar-refractivity contribution in [1.29, 1.82) is 0 Å². The smallest absolute Gasteiger partial charge is 0.341 e. The fourth-order valence-electron chi connectivity index (χ4n) is 2.71. The molecule has 1 unspecified atom stereocenters. The Morgan fingerprint density at radius 3 is 2.28 bits per heavy atom. The Morgan fingerprint density at radius 2 is 1.72 bits per heavy atom. The van der Waals surface area contributed by atoms with Crippen LogP contribution in [0.4, 0.5) is 5.69 Å². The SMILES string of the molecule is CCOC(=O)c1cc(NC(=O)c2ccc(SC)cc2)ccc1OC(C)(O)CNC(C)(C)C. The largest absolute Gasteiger partial charge is 0.462 e. The molecule has 0 aliphatic carbocycles. The van der Waals surface area contributed by atoms with Crippen LogP contribution in [0.15, 0.2) is 47.4 Å². The fourth-order valence-corrected chi connectivity index (χ4v) is 3.12. The zero-order valence-electron chi connectivity index (χ0n) is 19.4. The molecular weight excluding hydrogens is 428 g/mol. The molecule has 0 heterocycles. The summed E-state index contributed by atoms with van der Waals surface area (Å²) in [6.07, 6.45) is 1.96. The monoisotopic (exact) mass is 460 g/mol. The van der Waals surface area contributed by atoms with Gasteiger partial charge in [0.1, 0.15) is 11.3 Å². The summed E-state index contributed by atoms with van der Waals surface area (Å²) in [5.41, 5.74) is 0.793. The third kappa shape index (κ3) is 7.85. The number of thioether (sulfide) groups is 1. The number of hydrogen-bond acceptors (Lipinski definition) is 7. The maximum atomic E-state index is 12.6. The molecule has 7 nitrogen and oxygen atoms in total. The lowest BCUT2D eigenvalue weighted by Gasteiger charge is -2.30. The van der Waals surface area contributed by atoms with E-state index in [0.717, 1.165) is 4.90 Å². The van der Waals surface area contributed by atoms with Crippen LogP contribution < -0.4 is 15.4 Å². The maximum absolute atomic E-state index is 12.6. The zero-order chi connectivity index (χ0) is 23.9. The Bertz CT molecular complexity index is 936. The molecule has 0 saturated heterocycles. The van der Waals surface area contributed by atoms with Gasteiger partial charge in [-0.25, -0.2) is 4.79 Å². The summed E-state index contributed by atoms with van der Waals surface area (Å²) < 4.78 is 10.9. The second-order valence-corrected chi connectivity index (χ2v) is 9.37. The van der Waals surface area contributed by atoms with Crippen LogP contribution in [0.3, 0.4) is 0 Å². The number of carbonyl (C=O) groups excluding carboxylic acids is 2. The zero-order valence-corrected chi connectivity index (χ0v) is 20.3. The predicted molar refractivity (Wildman–Crippen MR) is 128 cm³/mol. The van der Waals surface area contributed by atoms with Gasteiger partial charge in [-0.2, -0.15) is 0 Å². The van der Waals surface area contributed by atoms with E-state index in [4.69, 9.17) is 9.47 Å². The molecule has 0 aliphatic heterocycles. The Morgan fingerprint density at radius 1 is 1.06 bits per heavy atom. The molecule has 32 heavy (non-hydrogen) atoms. The topological polar surface area (TPSA) is 96.9 Å². The number of nitrogens with one attached hydrogen (secondary N) is 2. The van der Waals surface area contributed by atoms with Crippen molar-refractivity contribution in [1.82, 2.24) is 5.32 Å². The quantitative estimate of drug-likeness (QED) is 0.291. The molecular formula is C24H32N2O5S. The first-order valence-corrected chi connectivity index (χ1v) is 11.6. The number of benzene rings is 2. The minimum absolute atomic E-state index is 0.110. The number of hydrogen-bond donors (Lipinski definition) is 3. The van der Waals surface area contributed by atoms with Gasteiger partial charge in [0.15, 0.2) is 0 Å². The third-order valence-corrected chi connectivity index (χ3v) is 5.11. The van der Waals surface area contributed by atoms with Crippen molar-refractivity contribution >= 4 is 29.3 Å². The van der Waals surface area contributed by atoms with Crippen LogP contribution in [-0.4, -0.2) is 47.7 Å². The number of rotatable bonds is 9. The van der Waals surface area contributed by atoms with E-state index in [1.165, 1.54) is 19.1 Å².